The van der Waals surface area contributed by atoms with Gasteiger partial charge in [-0.3, -0.25) is 0 Å². The SMILES string of the molecule is NCc1nnc(-c2ccc(Cl)s2)o1. The van der Waals surface area contributed by atoms with Crippen LogP contribution < -0.4 is 5.73 Å². The maximum atomic E-state index is 5.75. The summed E-state index contributed by atoms with van der Waals surface area (Å²) >= 11 is 7.15. The molecule has 4 nitrogen and oxygen atoms in total. The van der Waals surface area contributed by atoms with E-state index in [-0.39, 0.29) is 6.54 Å². The number of halogens is 1. The van der Waals surface area contributed by atoms with Crippen molar-refractivity contribution in [2.75, 3.05) is 0 Å². The van der Waals surface area contributed by atoms with Crippen LogP contribution in [0, 0.1) is 0 Å². The first-order chi connectivity index (χ1) is 6.29. The Kier molecular flexibility index (Phi) is 2.30. The molecule has 2 rings (SSSR count). The van der Waals surface area contributed by atoms with Crippen LogP contribution in [-0.2, 0) is 6.54 Å². The zero-order chi connectivity index (χ0) is 9.26. The number of hydrogen-bond acceptors (Lipinski definition) is 5. The van der Waals surface area contributed by atoms with Crippen molar-refractivity contribution in [1.29, 1.82) is 0 Å². The first-order valence-electron chi connectivity index (χ1n) is 3.58. The second kappa shape index (κ2) is 3.45. The van der Waals surface area contributed by atoms with Crippen molar-refractivity contribution in [3.8, 4) is 10.8 Å². The number of hydrogen-bond donors (Lipinski definition) is 1. The smallest absolute Gasteiger partial charge is 0.257 e. The quantitative estimate of drug-likeness (QED) is 0.831. The summed E-state index contributed by atoms with van der Waals surface area (Å²) in [5, 5.41) is 7.57. The van der Waals surface area contributed by atoms with E-state index in [0.29, 0.717) is 16.1 Å². The van der Waals surface area contributed by atoms with Crippen molar-refractivity contribution < 1.29 is 4.42 Å². The summed E-state index contributed by atoms with van der Waals surface area (Å²) < 4.78 is 5.93. The minimum Gasteiger partial charge on any atom is -0.419 e. The third-order valence-corrected chi connectivity index (χ3v) is 2.64. The van der Waals surface area contributed by atoms with Crippen molar-refractivity contribution in [3.63, 3.8) is 0 Å². The Morgan fingerprint density at radius 3 is 2.85 bits per heavy atom. The molecule has 2 N–H and O–H groups in total. The zero-order valence-electron chi connectivity index (χ0n) is 6.53. The van der Waals surface area contributed by atoms with Crippen LogP contribution >= 0.6 is 22.9 Å². The van der Waals surface area contributed by atoms with Crippen molar-refractivity contribution in [1.82, 2.24) is 10.2 Å². The minimum atomic E-state index is 0.256. The molecule has 0 amide bonds. The van der Waals surface area contributed by atoms with E-state index in [1.807, 2.05) is 6.07 Å². The molecule has 0 saturated heterocycles. The molecular formula is C7H6ClN3OS. The highest BCUT2D eigenvalue weighted by Crippen LogP contribution is 2.29. The fourth-order valence-corrected chi connectivity index (χ4v) is 1.83. The summed E-state index contributed by atoms with van der Waals surface area (Å²) in [6.07, 6.45) is 0. The predicted molar refractivity (Wildman–Crippen MR) is 50.5 cm³/mol. The van der Waals surface area contributed by atoms with Crippen LogP contribution in [-0.4, -0.2) is 10.2 Å². The number of nitrogens with two attached hydrogens (primary N) is 1. The Hall–Kier alpha value is -0.910. The normalized spacial score (nSPS) is 10.6. The van der Waals surface area contributed by atoms with Gasteiger partial charge in [-0.15, -0.1) is 21.5 Å². The number of rotatable bonds is 2. The van der Waals surface area contributed by atoms with E-state index in [9.17, 15) is 0 Å². The predicted octanol–water partition coefficient (Wildman–Crippen LogP) is 1.91. The average Bonchev–Trinajstić information content (AvgIpc) is 2.71. The molecular weight excluding hydrogens is 210 g/mol. The number of aromatic nitrogens is 2. The van der Waals surface area contributed by atoms with E-state index in [4.69, 9.17) is 21.8 Å². The highest BCUT2D eigenvalue weighted by Gasteiger charge is 2.09. The number of nitrogens with zero attached hydrogens (tertiary/aromatic N) is 2. The summed E-state index contributed by atoms with van der Waals surface area (Å²) in [5.74, 6) is 0.900. The van der Waals surface area contributed by atoms with Gasteiger partial charge in [-0.1, -0.05) is 11.6 Å². The maximum Gasteiger partial charge on any atom is 0.257 e. The fraction of sp³-hybridized carbons (Fsp3) is 0.143. The van der Waals surface area contributed by atoms with Gasteiger partial charge in [0.25, 0.3) is 5.89 Å². The van der Waals surface area contributed by atoms with Gasteiger partial charge in [0.1, 0.15) is 0 Å². The summed E-state index contributed by atoms with van der Waals surface area (Å²) in [5.41, 5.74) is 5.33. The summed E-state index contributed by atoms with van der Waals surface area (Å²) in [4.78, 5) is 0.859. The Morgan fingerprint density at radius 2 is 2.31 bits per heavy atom. The molecule has 2 aromatic rings. The Morgan fingerprint density at radius 1 is 1.46 bits per heavy atom. The van der Waals surface area contributed by atoms with Gasteiger partial charge in [0.05, 0.1) is 15.8 Å². The van der Waals surface area contributed by atoms with Gasteiger partial charge in [0.2, 0.25) is 5.89 Å². The highest BCUT2D eigenvalue weighted by molar-refractivity contribution is 7.19. The molecule has 0 spiro atoms. The Balaban J connectivity index is 2.35. The lowest BCUT2D eigenvalue weighted by Gasteiger charge is -1.84. The molecule has 0 aliphatic heterocycles. The molecule has 0 fully saturated rings. The third kappa shape index (κ3) is 1.72. The molecule has 68 valence electrons. The lowest BCUT2D eigenvalue weighted by Crippen LogP contribution is -1.95. The molecule has 6 heteroatoms. The molecule has 0 atom stereocenters. The lowest BCUT2D eigenvalue weighted by atomic mass is 10.5. The number of thiophene rings is 1. The van der Waals surface area contributed by atoms with E-state index < -0.39 is 0 Å². The molecule has 0 saturated carbocycles. The van der Waals surface area contributed by atoms with Crippen molar-refractivity contribution in [2.24, 2.45) is 5.73 Å². The molecule has 2 heterocycles. The summed E-state index contributed by atoms with van der Waals surface area (Å²) in [6, 6.07) is 3.62. The molecule has 0 bridgehead atoms. The van der Waals surface area contributed by atoms with Gasteiger partial charge >= 0.3 is 0 Å². The topological polar surface area (TPSA) is 64.9 Å². The summed E-state index contributed by atoms with van der Waals surface area (Å²) in [7, 11) is 0. The van der Waals surface area contributed by atoms with Crippen molar-refractivity contribution in [3.05, 3.63) is 22.4 Å². The zero-order valence-corrected chi connectivity index (χ0v) is 8.10. The van der Waals surface area contributed by atoms with Crippen molar-refractivity contribution >= 4 is 22.9 Å². The molecule has 0 aliphatic carbocycles. The van der Waals surface area contributed by atoms with Crippen LogP contribution in [0.5, 0.6) is 0 Å². The Bertz CT molecular complexity index is 411. The average molecular weight is 216 g/mol. The van der Waals surface area contributed by atoms with Crippen molar-refractivity contribution in [2.45, 2.75) is 6.54 Å². The second-order valence-corrected chi connectivity index (χ2v) is 4.02. The Labute approximate surface area is 83.3 Å². The fourth-order valence-electron chi connectivity index (χ4n) is 0.865. The van der Waals surface area contributed by atoms with E-state index in [2.05, 4.69) is 10.2 Å². The molecule has 2 aromatic heterocycles. The highest BCUT2D eigenvalue weighted by atomic mass is 35.5. The molecule has 0 unspecified atom stereocenters. The monoisotopic (exact) mass is 215 g/mol. The lowest BCUT2D eigenvalue weighted by molar-refractivity contribution is 0.509. The first kappa shape index (κ1) is 8.68. The largest absolute Gasteiger partial charge is 0.419 e. The van der Waals surface area contributed by atoms with Crippen LogP contribution in [0.3, 0.4) is 0 Å². The minimum absolute atomic E-state index is 0.256. The van der Waals surface area contributed by atoms with Crippen LogP contribution in [0.15, 0.2) is 16.5 Å². The van der Waals surface area contributed by atoms with Gasteiger partial charge in [-0.25, -0.2) is 0 Å². The van der Waals surface area contributed by atoms with Gasteiger partial charge in [0.15, 0.2) is 0 Å². The molecule has 13 heavy (non-hydrogen) atoms. The second-order valence-electron chi connectivity index (χ2n) is 2.31. The van der Waals surface area contributed by atoms with E-state index in [1.54, 1.807) is 6.07 Å². The maximum absolute atomic E-state index is 5.75. The first-order valence-corrected chi connectivity index (χ1v) is 4.77. The van der Waals surface area contributed by atoms with Gasteiger partial charge < -0.3 is 10.2 Å². The van der Waals surface area contributed by atoms with Crippen LogP contribution in [0.2, 0.25) is 4.34 Å². The van der Waals surface area contributed by atoms with E-state index >= 15 is 0 Å². The molecule has 0 aromatic carbocycles. The standard InChI is InChI=1S/C7H6ClN3OS/c8-5-2-1-4(13-5)7-11-10-6(3-9)12-7/h1-2H,3,9H2. The van der Waals surface area contributed by atoms with Crippen LogP contribution in [0.1, 0.15) is 5.89 Å². The third-order valence-electron chi connectivity index (χ3n) is 1.43. The molecule has 0 aliphatic rings. The van der Waals surface area contributed by atoms with Gasteiger partial charge in [-0.2, -0.15) is 0 Å². The van der Waals surface area contributed by atoms with E-state index in [0.717, 1.165) is 4.88 Å². The van der Waals surface area contributed by atoms with Gasteiger partial charge in [0, 0.05) is 0 Å². The van der Waals surface area contributed by atoms with Crippen LogP contribution in [0.25, 0.3) is 10.8 Å². The van der Waals surface area contributed by atoms with Gasteiger partial charge in [-0.05, 0) is 12.1 Å². The molecule has 0 radical (unpaired) electrons. The summed E-state index contributed by atoms with van der Waals surface area (Å²) in [6.45, 7) is 0.256. The van der Waals surface area contributed by atoms with E-state index in [1.165, 1.54) is 11.3 Å². The van der Waals surface area contributed by atoms with Crippen LogP contribution in [0.4, 0.5) is 0 Å².